The molecule has 100 valence electrons. The molecule has 0 saturated heterocycles. The first-order chi connectivity index (χ1) is 9.11. The molecule has 0 aliphatic heterocycles. The maximum Gasteiger partial charge on any atom is 0.229 e. The van der Waals surface area contributed by atoms with E-state index in [1.54, 1.807) is 7.05 Å². The molecule has 1 aromatic heterocycles. The van der Waals surface area contributed by atoms with Crippen molar-refractivity contribution in [1.82, 2.24) is 10.2 Å². The van der Waals surface area contributed by atoms with Crippen LogP contribution in [0.2, 0.25) is 0 Å². The Morgan fingerprint density at radius 2 is 2.05 bits per heavy atom. The highest BCUT2D eigenvalue weighted by Gasteiger charge is 2.15. The first-order valence-electron chi connectivity index (χ1n) is 5.54. The molecule has 7 heteroatoms. The van der Waals surface area contributed by atoms with Crippen LogP contribution in [-0.2, 0) is 4.79 Å². The molecule has 0 atom stereocenters. The molecule has 0 saturated carbocycles. The minimum absolute atomic E-state index is 0.0616. The van der Waals surface area contributed by atoms with Crippen LogP contribution >= 0.6 is 38.9 Å². The molecule has 19 heavy (non-hydrogen) atoms. The van der Waals surface area contributed by atoms with Gasteiger partial charge < -0.3 is 0 Å². The topological polar surface area (TPSA) is 46.1 Å². The summed E-state index contributed by atoms with van der Waals surface area (Å²) in [7, 11) is 1.68. The van der Waals surface area contributed by atoms with Gasteiger partial charge in [0.05, 0.1) is 0 Å². The maximum absolute atomic E-state index is 11.7. The predicted molar refractivity (Wildman–Crippen MR) is 81.8 cm³/mol. The highest BCUT2D eigenvalue weighted by atomic mass is 79.9. The van der Waals surface area contributed by atoms with Crippen LogP contribution in [0.15, 0.2) is 28.7 Å². The molecule has 0 aliphatic rings. The van der Waals surface area contributed by atoms with Crippen LogP contribution in [0.4, 0.5) is 5.13 Å². The second kappa shape index (κ2) is 6.45. The highest BCUT2D eigenvalue weighted by Crippen LogP contribution is 2.29. The smallest absolute Gasteiger partial charge is 0.229 e. The van der Waals surface area contributed by atoms with Gasteiger partial charge >= 0.3 is 0 Å². The summed E-state index contributed by atoms with van der Waals surface area (Å²) >= 11 is 10.3. The first kappa shape index (κ1) is 14.4. The van der Waals surface area contributed by atoms with E-state index in [2.05, 4.69) is 26.1 Å². The minimum Gasteiger partial charge on any atom is -0.290 e. The summed E-state index contributed by atoms with van der Waals surface area (Å²) in [5.41, 5.74) is 0.977. The summed E-state index contributed by atoms with van der Waals surface area (Å²) in [6, 6.07) is 7.79. The quantitative estimate of drug-likeness (QED) is 0.783. The molecule has 0 fully saturated rings. The van der Waals surface area contributed by atoms with Gasteiger partial charge in [-0.3, -0.25) is 9.69 Å². The third-order valence-corrected chi connectivity index (χ3v) is 4.24. The Morgan fingerprint density at radius 1 is 1.37 bits per heavy atom. The third kappa shape index (κ3) is 3.52. The number of anilines is 1. The van der Waals surface area contributed by atoms with Crippen molar-refractivity contribution >= 4 is 49.9 Å². The van der Waals surface area contributed by atoms with Gasteiger partial charge in [-0.15, -0.1) is 21.8 Å². The lowest BCUT2D eigenvalue weighted by Crippen LogP contribution is -2.26. The van der Waals surface area contributed by atoms with E-state index in [-0.39, 0.29) is 5.91 Å². The van der Waals surface area contributed by atoms with Crippen LogP contribution < -0.4 is 4.90 Å². The lowest BCUT2D eigenvalue weighted by Gasteiger charge is -2.11. The molecule has 0 radical (unpaired) electrons. The molecular weight excluding hydrogens is 350 g/mol. The zero-order valence-corrected chi connectivity index (χ0v) is 13.3. The van der Waals surface area contributed by atoms with Crippen molar-refractivity contribution < 1.29 is 4.79 Å². The molecule has 0 unspecified atom stereocenters. The van der Waals surface area contributed by atoms with Gasteiger partial charge in [-0.1, -0.05) is 39.4 Å². The summed E-state index contributed by atoms with van der Waals surface area (Å²) in [5.74, 6) is 0.246. The standard InChI is InChI=1S/C12H11BrClN3OS/c1-17(10(18)6-7-14)12-16-15-11(19-12)8-2-4-9(13)5-3-8/h2-5H,6-7H2,1H3. The number of carbonyl (C=O) groups excluding carboxylic acids is 1. The van der Waals surface area contributed by atoms with E-state index in [1.807, 2.05) is 24.3 Å². The van der Waals surface area contributed by atoms with Gasteiger partial charge in [0.1, 0.15) is 5.01 Å². The number of amides is 1. The summed E-state index contributed by atoms with van der Waals surface area (Å²) in [4.78, 5) is 13.2. The fraction of sp³-hybridized carbons (Fsp3) is 0.250. The number of rotatable bonds is 4. The van der Waals surface area contributed by atoms with Crippen LogP contribution in [0.5, 0.6) is 0 Å². The maximum atomic E-state index is 11.7. The molecule has 1 heterocycles. The number of aromatic nitrogens is 2. The average Bonchev–Trinajstić information content (AvgIpc) is 2.88. The largest absolute Gasteiger partial charge is 0.290 e. The predicted octanol–water partition coefficient (Wildman–Crippen LogP) is 3.56. The minimum atomic E-state index is -0.0616. The summed E-state index contributed by atoms with van der Waals surface area (Å²) in [6.07, 6.45) is 0.297. The number of nitrogens with zero attached hydrogens (tertiary/aromatic N) is 3. The molecular formula is C12H11BrClN3OS. The first-order valence-corrected chi connectivity index (χ1v) is 7.68. The monoisotopic (exact) mass is 359 g/mol. The Kier molecular flexibility index (Phi) is 4.90. The van der Waals surface area contributed by atoms with E-state index in [0.717, 1.165) is 15.0 Å². The Balaban J connectivity index is 2.19. The zero-order chi connectivity index (χ0) is 13.8. The molecule has 2 rings (SSSR count). The molecule has 0 aliphatic carbocycles. The summed E-state index contributed by atoms with van der Waals surface area (Å²) in [5, 5.41) is 9.51. The number of hydrogen-bond donors (Lipinski definition) is 0. The van der Waals surface area contributed by atoms with Crippen LogP contribution in [0.1, 0.15) is 6.42 Å². The number of halogens is 2. The number of benzene rings is 1. The van der Waals surface area contributed by atoms with Crippen molar-refractivity contribution in [3.63, 3.8) is 0 Å². The molecule has 2 aromatic rings. The van der Waals surface area contributed by atoms with E-state index in [1.165, 1.54) is 16.2 Å². The van der Waals surface area contributed by atoms with Crippen molar-refractivity contribution in [2.24, 2.45) is 0 Å². The van der Waals surface area contributed by atoms with Gasteiger partial charge in [-0.2, -0.15) is 0 Å². The van der Waals surface area contributed by atoms with E-state index < -0.39 is 0 Å². The van der Waals surface area contributed by atoms with Gasteiger partial charge in [0, 0.05) is 29.4 Å². The molecule has 0 spiro atoms. The lowest BCUT2D eigenvalue weighted by molar-refractivity contribution is -0.117. The van der Waals surface area contributed by atoms with Crippen molar-refractivity contribution in [2.75, 3.05) is 17.8 Å². The lowest BCUT2D eigenvalue weighted by atomic mass is 10.2. The zero-order valence-electron chi connectivity index (χ0n) is 10.1. The SMILES string of the molecule is CN(C(=O)CCCl)c1nnc(-c2ccc(Br)cc2)s1. The fourth-order valence-corrected chi connectivity index (χ4v) is 2.67. The Hall–Kier alpha value is -0.980. The molecule has 1 aromatic carbocycles. The summed E-state index contributed by atoms with van der Waals surface area (Å²) < 4.78 is 1.01. The van der Waals surface area contributed by atoms with Crippen molar-refractivity contribution in [3.8, 4) is 10.6 Å². The number of alkyl halides is 1. The second-order valence-corrected chi connectivity index (χ2v) is 6.04. The van der Waals surface area contributed by atoms with E-state index in [4.69, 9.17) is 11.6 Å². The Morgan fingerprint density at radius 3 is 2.68 bits per heavy atom. The average molecular weight is 361 g/mol. The second-order valence-electron chi connectivity index (χ2n) is 3.79. The van der Waals surface area contributed by atoms with Gasteiger partial charge in [0.2, 0.25) is 11.0 Å². The molecule has 1 amide bonds. The summed E-state index contributed by atoms with van der Waals surface area (Å²) in [6.45, 7) is 0. The van der Waals surface area contributed by atoms with E-state index in [9.17, 15) is 4.79 Å². The molecule has 4 nitrogen and oxygen atoms in total. The van der Waals surface area contributed by atoms with Gasteiger partial charge in [-0.05, 0) is 12.1 Å². The highest BCUT2D eigenvalue weighted by molar-refractivity contribution is 9.10. The van der Waals surface area contributed by atoms with Crippen LogP contribution in [0.3, 0.4) is 0 Å². The van der Waals surface area contributed by atoms with Crippen molar-refractivity contribution in [1.29, 1.82) is 0 Å². The normalized spacial score (nSPS) is 10.5. The van der Waals surface area contributed by atoms with E-state index in [0.29, 0.717) is 17.4 Å². The van der Waals surface area contributed by atoms with Crippen LogP contribution in [0.25, 0.3) is 10.6 Å². The van der Waals surface area contributed by atoms with Crippen LogP contribution in [-0.4, -0.2) is 29.0 Å². The van der Waals surface area contributed by atoms with E-state index >= 15 is 0 Å². The molecule has 0 N–H and O–H groups in total. The van der Waals surface area contributed by atoms with Gasteiger partial charge in [0.25, 0.3) is 0 Å². The third-order valence-electron chi connectivity index (χ3n) is 2.47. The van der Waals surface area contributed by atoms with Gasteiger partial charge in [0.15, 0.2) is 0 Å². The molecule has 0 bridgehead atoms. The fourth-order valence-electron chi connectivity index (χ4n) is 1.42. The van der Waals surface area contributed by atoms with Crippen molar-refractivity contribution in [3.05, 3.63) is 28.7 Å². The Labute approximate surface area is 128 Å². The van der Waals surface area contributed by atoms with Gasteiger partial charge in [-0.25, -0.2) is 0 Å². The Bertz CT molecular complexity index is 573. The number of hydrogen-bond acceptors (Lipinski definition) is 4. The van der Waals surface area contributed by atoms with Crippen molar-refractivity contribution in [2.45, 2.75) is 6.42 Å². The van der Waals surface area contributed by atoms with Crippen LogP contribution in [0, 0.1) is 0 Å². The number of carbonyl (C=O) groups is 1.